The average Bonchev–Trinajstić information content (AvgIpc) is 2.98. The highest BCUT2D eigenvalue weighted by molar-refractivity contribution is 7.92. The van der Waals surface area contributed by atoms with E-state index in [1.165, 1.54) is 23.1 Å². The summed E-state index contributed by atoms with van der Waals surface area (Å²) in [7, 11) is -3.47. The van der Waals surface area contributed by atoms with E-state index in [9.17, 15) is 23.3 Å². The van der Waals surface area contributed by atoms with Gasteiger partial charge in [-0.1, -0.05) is 12.1 Å². The molecule has 2 aromatic carbocycles. The molecule has 0 fully saturated rings. The normalized spacial score (nSPS) is 13.4. The second-order valence-corrected chi connectivity index (χ2v) is 7.93. The van der Waals surface area contributed by atoms with Crippen LogP contribution in [0.15, 0.2) is 36.4 Å². The molecule has 0 aliphatic carbocycles. The highest BCUT2D eigenvalue weighted by Crippen LogP contribution is 2.33. The molecule has 0 unspecified atom stereocenters. The molecular weight excluding hydrogens is 358 g/mol. The number of carbonyl (C=O) groups is 1. The van der Waals surface area contributed by atoms with Crippen molar-refractivity contribution in [1.29, 1.82) is 0 Å². The molecule has 9 heteroatoms. The molecule has 2 aromatic rings. The molecule has 1 aliphatic rings. The van der Waals surface area contributed by atoms with Gasteiger partial charge in [0.05, 0.1) is 22.6 Å². The maximum atomic E-state index is 12.9. The fourth-order valence-electron chi connectivity index (χ4n) is 2.91. The Hall–Kier alpha value is -2.94. The number of nitro groups is 1. The zero-order chi connectivity index (χ0) is 19.1. The number of nitrogens with zero attached hydrogens (tertiary/aromatic N) is 2. The number of hydrogen-bond donors (Lipinski definition) is 1. The van der Waals surface area contributed by atoms with Gasteiger partial charge in [0.1, 0.15) is 0 Å². The Balaban J connectivity index is 1.96. The Labute approximate surface area is 150 Å². The summed E-state index contributed by atoms with van der Waals surface area (Å²) in [6, 6.07) is 9.23. The molecule has 0 spiro atoms. The molecule has 1 N–H and O–H groups in total. The van der Waals surface area contributed by atoms with Gasteiger partial charge in [-0.3, -0.25) is 19.6 Å². The first kappa shape index (κ1) is 17.9. The van der Waals surface area contributed by atoms with Gasteiger partial charge < -0.3 is 4.90 Å². The Morgan fingerprint density at radius 3 is 2.62 bits per heavy atom. The first-order valence-electron chi connectivity index (χ1n) is 7.83. The van der Waals surface area contributed by atoms with Gasteiger partial charge >= 0.3 is 0 Å². The maximum absolute atomic E-state index is 12.9. The van der Waals surface area contributed by atoms with Crippen molar-refractivity contribution in [3.05, 3.63) is 63.2 Å². The lowest BCUT2D eigenvalue weighted by atomic mass is 10.1. The average molecular weight is 375 g/mol. The second kappa shape index (κ2) is 6.41. The first-order valence-corrected chi connectivity index (χ1v) is 9.72. The van der Waals surface area contributed by atoms with Gasteiger partial charge in [-0.25, -0.2) is 8.42 Å². The molecule has 0 aromatic heterocycles. The number of sulfonamides is 1. The quantitative estimate of drug-likeness (QED) is 0.652. The molecule has 0 saturated carbocycles. The summed E-state index contributed by atoms with van der Waals surface area (Å²) in [5, 5.41) is 11.0. The molecule has 1 heterocycles. The first-order chi connectivity index (χ1) is 12.2. The number of nitro benzene ring substituents is 1. The Bertz CT molecular complexity index is 1020. The predicted molar refractivity (Wildman–Crippen MR) is 98.1 cm³/mol. The van der Waals surface area contributed by atoms with E-state index in [0.717, 1.165) is 11.8 Å². The van der Waals surface area contributed by atoms with Crippen LogP contribution in [0, 0.1) is 17.0 Å². The third-order valence-electron chi connectivity index (χ3n) is 4.20. The summed E-state index contributed by atoms with van der Waals surface area (Å²) in [5.41, 5.74) is 2.63. The lowest BCUT2D eigenvalue weighted by Gasteiger charge is -2.18. The number of rotatable bonds is 4. The van der Waals surface area contributed by atoms with Crippen LogP contribution in [0.5, 0.6) is 0 Å². The van der Waals surface area contributed by atoms with Crippen LogP contribution < -0.4 is 9.62 Å². The fraction of sp³-hybridized carbons (Fsp3) is 0.235. The molecule has 26 heavy (non-hydrogen) atoms. The van der Waals surface area contributed by atoms with Crippen molar-refractivity contribution in [3.63, 3.8) is 0 Å². The highest BCUT2D eigenvalue weighted by atomic mass is 32.2. The standard InChI is InChI=1S/C17H17N3O5S/c1-11-3-4-13(9-15(11)18-26(2,24)25)17(21)19-8-7-12-5-6-14(20(22)23)10-16(12)19/h3-6,9-10,18H,7-8H2,1-2H3. The molecule has 3 rings (SSSR count). The van der Waals surface area contributed by atoms with Crippen LogP contribution in [0.4, 0.5) is 17.1 Å². The lowest BCUT2D eigenvalue weighted by molar-refractivity contribution is -0.384. The molecule has 0 radical (unpaired) electrons. The highest BCUT2D eigenvalue weighted by Gasteiger charge is 2.28. The SMILES string of the molecule is Cc1ccc(C(=O)N2CCc3ccc([N+](=O)[O-])cc32)cc1NS(C)(=O)=O. The van der Waals surface area contributed by atoms with Crippen molar-refractivity contribution in [2.24, 2.45) is 0 Å². The van der Waals surface area contributed by atoms with Crippen molar-refractivity contribution in [2.75, 3.05) is 22.4 Å². The van der Waals surface area contributed by atoms with Crippen LogP contribution in [0.2, 0.25) is 0 Å². The van der Waals surface area contributed by atoms with E-state index in [2.05, 4.69) is 4.72 Å². The van der Waals surface area contributed by atoms with Gasteiger partial charge in [-0.2, -0.15) is 0 Å². The topological polar surface area (TPSA) is 110 Å². The van der Waals surface area contributed by atoms with Crippen LogP contribution >= 0.6 is 0 Å². The number of carbonyl (C=O) groups excluding carboxylic acids is 1. The number of hydrogen-bond acceptors (Lipinski definition) is 5. The zero-order valence-electron chi connectivity index (χ0n) is 14.2. The smallest absolute Gasteiger partial charge is 0.271 e. The Morgan fingerprint density at radius 2 is 1.96 bits per heavy atom. The number of fused-ring (bicyclic) bond motifs is 1. The second-order valence-electron chi connectivity index (χ2n) is 6.18. The predicted octanol–water partition coefficient (Wildman–Crippen LogP) is 2.48. The minimum atomic E-state index is -3.47. The molecule has 0 atom stereocenters. The molecule has 136 valence electrons. The number of amides is 1. The monoisotopic (exact) mass is 375 g/mol. The maximum Gasteiger partial charge on any atom is 0.271 e. The number of benzene rings is 2. The van der Waals surface area contributed by atoms with E-state index in [1.807, 2.05) is 0 Å². The molecule has 8 nitrogen and oxygen atoms in total. The molecule has 1 aliphatic heterocycles. The summed E-state index contributed by atoms with van der Waals surface area (Å²) in [6.07, 6.45) is 1.65. The number of aryl methyl sites for hydroxylation is 1. The van der Waals surface area contributed by atoms with Crippen molar-refractivity contribution in [1.82, 2.24) is 0 Å². The fourth-order valence-corrected chi connectivity index (χ4v) is 3.53. The van der Waals surface area contributed by atoms with Crippen LogP contribution in [0.25, 0.3) is 0 Å². The number of nitrogens with one attached hydrogen (secondary N) is 1. The minimum absolute atomic E-state index is 0.0770. The largest absolute Gasteiger partial charge is 0.307 e. The van der Waals surface area contributed by atoms with Crippen molar-refractivity contribution < 1.29 is 18.1 Å². The summed E-state index contributed by atoms with van der Waals surface area (Å²) < 4.78 is 25.4. The van der Waals surface area contributed by atoms with Gasteiger partial charge in [-0.05, 0) is 36.6 Å². The molecular formula is C17H17N3O5S. The Morgan fingerprint density at radius 1 is 1.23 bits per heavy atom. The van der Waals surface area contributed by atoms with E-state index < -0.39 is 14.9 Å². The summed E-state index contributed by atoms with van der Waals surface area (Å²) in [5.74, 6) is -0.333. The third-order valence-corrected chi connectivity index (χ3v) is 4.79. The van der Waals surface area contributed by atoms with Crippen LogP contribution in [0.1, 0.15) is 21.5 Å². The van der Waals surface area contributed by atoms with Gasteiger partial charge in [-0.15, -0.1) is 0 Å². The van der Waals surface area contributed by atoms with Crippen LogP contribution in [-0.2, 0) is 16.4 Å². The van der Waals surface area contributed by atoms with E-state index in [4.69, 9.17) is 0 Å². The van der Waals surface area contributed by atoms with Gasteiger partial charge in [0, 0.05) is 24.2 Å². The van der Waals surface area contributed by atoms with E-state index >= 15 is 0 Å². The summed E-state index contributed by atoms with van der Waals surface area (Å²) in [4.78, 5) is 24.9. The minimum Gasteiger partial charge on any atom is -0.307 e. The summed E-state index contributed by atoms with van der Waals surface area (Å²) in [6.45, 7) is 2.15. The van der Waals surface area contributed by atoms with E-state index in [1.54, 1.807) is 25.1 Å². The van der Waals surface area contributed by atoms with Gasteiger partial charge in [0.2, 0.25) is 10.0 Å². The van der Waals surface area contributed by atoms with Gasteiger partial charge in [0.15, 0.2) is 0 Å². The molecule has 0 saturated heterocycles. The molecule has 1 amide bonds. The van der Waals surface area contributed by atoms with E-state index in [0.29, 0.717) is 35.5 Å². The Kier molecular flexibility index (Phi) is 4.41. The van der Waals surface area contributed by atoms with Gasteiger partial charge in [0.25, 0.3) is 11.6 Å². The molecule has 0 bridgehead atoms. The zero-order valence-corrected chi connectivity index (χ0v) is 15.0. The lowest BCUT2D eigenvalue weighted by Crippen LogP contribution is -2.29. The van der Waals surface area contributed by atoms with Crippen LogP contribution in [-0.4, -0.2) is 32.0 Å². The summed E-state index contributed by atoms with van der Waals surface area (Å²) >= 11 is 0. The van der Waals surface area contributed by atoms with Crippen molar-refractivity contribution in [2.45, 2.75) is 13.3 Å². The number of anilines is 2. The van der Waals surface area contributed by atoms with Crippen molar-refractivity contribution >= 4 is 33.0 Å². The van der Waals surface area contributed by atoms with E-state index in [-0.39, 0.29) is 11.6 Å². The van der Waals surface area contributed by atoms with Crippen LogP contribution in [0.3, 0.4) is 0 Å². The number of non-ortho nitro benzene ring substituents is 1. The van der Waals surface area contributed by atoms with Crippen molar-refractivity contribution in [3.8, 4) is 0 Å². The third kappa shape index (κ3) is 3.52.